The van der Waals surface area contributed by atoms with E-state index < -0.39 is 0 Å². The van der Waals surface area contributed by atoms with Crippen molar-refractivity contribution in [1.29, 1.82) is 0 Å². The molecule has 0 aliphatic heterocycles. The zero-order chi connectivity index (χ0) is 12.9. The summed E-state index contributed by atoms with van der Waals surface area (Å²) >= 11 is 0. The second kappa shape index (κ2) is 6.20. The lowest BCUT2D eigenvalue weighted by molar-refractivity contribution is 0.284. The molecule has 0 aliphatic carbocycles. The Bertz CT molecular complexity index is 343. The molecule has 1 aromatic rings. The summed E-state index contributed by atoms with van der Waals surface area (Å²) in [6, 6.07) is 2.20. The molecule has 0 saturated carbocycles. The maximum absolute atomic E-state index is 4.42. The Labute approximate surface area is 106 Å². The molecule has 0 spiro atoms. The van der Waals surface area contributed by atoms with Crippen molar-refractivity contribution in [1.82, 2.24) is 15.1 Å². The molecule has 1 aromatic heterocycles. The Morgan fingerprint density at radius 3 is 2.59 bits per heavy atom. The van der Waals surface area contributed by atoms with Crippen LogP contribution in [0.5, 0.6) is 0 Å². The predicted octanol–water partition coefficient (Wildman–Crippen LogP) is 2.69. The average molecular weight is 237 g/mol. The van der Waals surface area contributed by atoms with Crippen LogP contribution in [0, 0.1) is 12.3 Å². The Morgan fingerprint density at radius 1 is 1.41 bits per heavy atom. The van der Waals surface area contributed by atoms with E-state index in [0.717, 1.165) is 25.2 Å². The van der Waals surface area contributed by atoms with Crippen molar-refractivity contribution in [2.75, 3.05) is 13.1 Å². The van der Waals surface area contributed by atoms with Crippen molar-refractivity contribution in [2.45, 2.75) is 47.0 Å². The molecule has 1 unspecified atom stereocenters. The quantitative estimate of drug-likeness (QED) is 0.739. The molecular formula is C14H27N3. The molecule has 1 heterocycles. The van der Waals surface area contributed by atoms with Gasteiger partial charge < -0.3 is 5.32 Å². The summed E-state index contributed by atoms with van der Waals surface area (Å²) in [7, 11) is 2.04. The lowest BCUT2D eigenvalue weighted by Gasteiger charge is -2.28. The van der Waals surface area contributed by atoms with Crippen LogP contribution in [0.4, 0.5) is 0 Å². The van der Waals surface area contributed by atoms with E-state index in [-0.39, 0.29) is 0 Å². The molecule has 1 N–H and O–H groups in total. The van der Waals surface area contributed by atoms with E-state index in [1.807, 2.05) is 11.7 Å². The SMILES string of the molecule is CCCNCC(C)(CC)Cc1cc(C)nn1C. The lowest BCUT2D eigenvalue weighted by Crippen LogP contribution is -2.34. The molecule has 17 heavy (non-hydrogen) atoms. The molecule has 1 rings (SSSR count). The second-order valence-electron chi connectivity index (χ2n) is 5.42. The van der Waals surface area contributed by atoms with Crippen LogP contribution in [-0.4, -0.2) is 22.9 Å². The Hall–Kier alpha value is -0.830. The fourth-order valence-corrected chi connectivity index (χ4v) is 2.15. The van der Waals surface area contributed by atoms with E-state index in [9.17, 15) is 0 Å². The van der Waals surface area contributed by atoms with Gasteiger partial charge in [0.15, 0.2) is 0 Å². The van der Waals surface area contributed by atoms with Crippen LogP contribution in [0.3, 0.4) is 0 Å². The number of hydrogen-bond donors (Lipinski definition) is 1. The third kappa shape index (κ3) is 4.15. The van der Waals surface area contributed by atoms with Gasteiger partial charge in [0.05, 0.1) is 5.69 Å². The van der Waals surface area contributed by atoms with Crippen molar-refractivity contribution in [2.24, 2.45) is 12.5 Å². The Kier molecular flexibility index (Phi) is 5.19. The van der Waals surface area contributed by atoms with Crippen molar-refractivity contribution in [3.63, 3.8) is 0 Å². The van der Waals surface area contributed by atoms with Gasteiger partial charge >= 0.3 is 0 Å². The minimum Gasteiger partial charge on any atom is -0.316 e. The highest BCUT2D eigenvalue weighted by Gasteiger charge is 2.23. The van der Waals surface area contributed by atoms with Crippen LogP contribution in [0.15, 0.2) is 6.07 Å². The van der Waals surface area contributed by atoms with Crippen molar-refractivity contribution >= 4 is 0 Å². The molecule has 0 radical (unpaired) electrons. The first-order valence-electron chi connectivity index (χ1n) is 6.71. The molecule has 0 saturated heterocycles. The number of aromatic nitrogens is 2. The second-order valence-corrected chi connectivity index (χ2v) is 5.42. The van der Waals surface area contributed by atoms with Gasteiger partial charge in [0, 0.05) is 19.3 Å². The van der Waals surface area contributed by atoms with Gasteiger partial charge in [-0.15, -0.1) is 0 Å². The first kappa shape index (κ1) is 14.2. The topological polar surface area (TPSA) is 29.9 Å². The zero-order valence-corrected chi connectivity index (χ0v) is 12.0. The van der Waals surface area contributed by atoms with E-state index in [4.69, 9.17) is 0 Å². The van der Waals surface area contributed by atoms with Gasteiger partial charge in [0.25, 0.3) is 0 Å². The van der Waals surface area contributed by atoms with Gasteiger partial charge in [-0.25, -0.2) is 0 Å². The number of nitrogens with one attached hydrogen (secondary N) is 1. The summed E-state index contributed by atoms with van der Waals surface area (Å²) in [6.45, 7) is 11.1. The van der Waals surface area contributed by atoms with Crippen LogP contribution >= 0.6 is 0 Å². The Balaban J connectivity index is 2.64. The maximum atomic E-state index is 4.42. The molecule has 0 bridgehead atoms. The number of nitrogens with zero attached hydrogens (tertiary/aromatic N) is 2. The lowest BCUT2D eigenvalue weighted by atomic mass is 9.82. The summed E-state index contributed by atoms with van der Waals surface area (Å²) in [4.78, 5) is 0. The van der Waals surface area contributed by atoms with Crippen LogP contribution in [0.25, 0.3) is 0 Å². The smallest absolute Gasteiger partial charge is 0.0596 e. The van der Waals surface area contributed by atoms with Crippen LogP contribution in [-0.2, 0) is 13.5 Å². The zero-order valence-electron chi connectivity index (χ0n) is 12.0. The average Bonchev–Trinajstić information content (AvgIpc) is 2.58. The monoisotopic (exact) mass is 237 g/mol. The van der Waals surface area contributed by atoms with Gasteiger partial charge in [-0.2, -0.15) is 5.10 Å². The molecule has 1 atom stereocenters. The van der Waals surface area contributed by atoms with E-state index >= 15 is 0 Å². The first-order valence-corrected chi connectivity index (χ1v) is 6.71. The number of aryl methyl sites for hydroxylation is 2. The Morgan fingerprint density at radius 2 is 2.12 bits per heavy atom. The molecule has 3 nitrogen and oxygen atoms in total. The summed E-state index contributed by atoms with van der Waals surface area (Å²) in [5.41, 5.74) is 2.78. The van der Waals surface area contributed by atoms with Crippen molar-refractivity contribution in [3.05, 3.63) is 17.5 Å². The minimum absolute atomic E-state index is 0.329. The fourth-order valence-electron chi connectivity index (χ4n) is 2.15. The summed E-state index contributed by atoms with van der Waals surface area (Å²) in [6.07, 6.45) is 3.48. The third-order valence-corrected chi connectivity index (χ3v) is 3.54. The molecular weight excluding hydrogens is 210 g/mol. The van der Waals surface area contributed by atoms with E-state index in [1.54, 1.807) is 0 Å². The normalized spacial score (nSPS) is 14.9. The van der Waals surface area contributed by atoms with Gasteiger partial charge in [-0.05, 0) is 44.2 Å². The van der Waals surface area contributed by atoms with Crippen LogP contribution < -0.4 is 5.32 Å². The van der Waals surface area contributed by atoms with Crippen LogP contribution in [0.1, 0.15) is 45.0 Å². The molecule has 3 heteroatoms. The molecule has 0 amide bonds. The number of hydrogen-bond acceptors (Lipinski definition) is 2. The van der Waals surface area contributed by atoms with Gasteiger partial charge in [-0.3, -0.25) is 4.68 Å². The van der Waals surface area contributed by atoms with Gasteiger partial charge in [0.2, 0.25) is 0 Å². The van der Waals surface area contributed by atoms with Gasteiger partial charge in [-0.1, -0.05) is 20.8 Å². The molecule has 0 fully saturated rings. The largest absolute Gasteiger partial charge is 0.316 e. The summed E-state index contributed by atoms with van der Waals surface area (Å²) in [5, 5.41) is 7.97. The van der Waals surface area contributed by atoms with Crippen molar-refractivity contribution in [3.8, 4) is 0 Å². The minimum atomic E-state index is 0.329. The van der Waals surface area contributed by atoms with Gasteiger partial charge in [0.1, 0.15) is 0 Å². The predicted molar refractivity (Wildman–Crippen MR) is 73.2 cm³/mol. The van der Waals surface area contributed by atoms with E-state index in [2.05, 4.69) is 44.2 Å². The fraction of sp³-hybridized carbons (Fsp3) is 0.786. The van der Waals surface area contributed by atoms with Crippen molar-refractivity contribution < 1.29 is 0 Å². The highest BCUT2D eigenvalue weighted by atomic mass is 15.3. The molecule has 98 valence electrons. The first-order chi connectivity index (χ1) is 8.00. The maximum Gasteiger partial charge on any atom is 0.0596 e. The molecule has 0 aromatic carbocycles. The van der Waals surface area contributed by atoms with E-state index in [1.165, 1.54) is 18.5 Å². The van der Waals surface area contributed by atoms with E-state index in [0.29, 0.717) is 5.41 Å². The van der Waals surface area contributed by atoms with Crippen LogP contribution in [0.2, 0.25) is 0 Å². The number of rotatable bonds is 7. The highest BCUT2D eigenvalue weighted by Crippen LogP contribution is 2.25. The molecule has 0 aliphatic rings. The standard InChI is InChI=1S/C14H27N3/c1-6-8-15-11-14(4,7-2)10-13-9-12(3)16-17(13)5/h9,15H,6-8,10-11H2,1-5H3. The highest BCUT2D eigenvalue weighted by molar-refractivity contribution is 5.10. The summed E-state index contributed by atoms with van der Waals surface area (Å²) in [5.74, 6) is 0. The summed E-state index contributed by atoms with van der Waals surface area (Å²) < 4.78 is 2.02. The third-order valence-electron chi connectivity index (χ3n) is 3.54.